The van der Waals surface area contributed by atoms with Crippen LogP contribution in [0.5, 0.6) is 5.75 Å². The summed E-state index contributed by atoms with van der Waals surface area (Å²) in [7, 11) is 0. The van der Waals surface area contributed by atoms with Crippen LogP contribution in [0.15, 0.2) is 24.3 Å². The standard InChI is InChI=1S/C15H24N2O/c1-3-4-13(2)18-15-7-5-14(6-8-15)17-11-9-16-10-12-17/h5-8,13,16H,3-4,9-12H2,1-2H3. The number of ether oxygens (including phenoxy) is 1. The molecule has 1 N–H and O–H groups in total. The van der Waals surface area contributed by atoms with Crippen molar-refractivity contribution in [3.63, 3.8) is 0 Å². The number of rotatable bonds is 5. The number of benzene rings is 1. The maximum Gasteiger partial charge on any atom is 0.119 e. The minimum Gasteiger partial charge on any atom is -0.491 e. The van der Waals surface area contributed by atoms with E-state index in [1.165, 1.54) is 12.1 Å². The third-order valence-corrected chi connectivity index (χ3v) is 3.35. The topological polar surface area (TPSA) is 24.5 Å². The van der Waals surface area contributed by atoms with Crippen molar-refractivity contribution in [1.29, 1.82) is 0 Å². The van der Waals surface area contributed by atoms with Crippen LogP contribution in [0.3, 0.4) is 0 Å². The first-order valence-electron chi connectivity index (χ1n) is 7.02. The number of nitrogens with one attached hydrogen (secondary N) is 1. The highest BCUT2D eigenvalue weighted by Crippen LogP contribution is 2.21. The monoisotopic (exact) mass is 248 g/mol. The maximum absolute atomic E-state index is 5.87. The van der Waals surface area contributed by atoms with E-state index in [1.807, 2.05) is 0 Å². The molecule has 1 aliphatic rings. The lowest BCUT2D eigenvalue weighted by Gasteiger charge is -2.29. The van der Waals surface area contributed by atoms with Crippen molar-refractivity contribution < 1.29 is 4.74 Å². The minimum atomic E-state index is 0.306. The van der Waals surface area contributed by atoms with E-state index in [0.717, 1.165) is 38.3 Å². The third-order valence-electron chi connectivity index (χ3n) is 3.35. The average Bonchev–Trinajstić information content (AvgIpc) is 2.41. The van der Waals surface area contributed by atoms with Gasteiger partial charge in [-0.2, -0.15) is 0 Å². The second-order valence-electron chi connectivity index (χ2n) is 4.95. The van der Waals surface area contributed by atoms with Crippen molar-refractivity contribution in [3.8, 4) is 5.75 Å². The van der Waals surface area contributed by atoms with E-state index in [0.29, 0.717) is 6.10 Å². The number of hydrogen-bond donors (Lipinski definition) is 1. The Bertz CT molecular complexity index is 344. The molecule has 0 saturated carbocycles. The van der Waals surface area contributed by atoms with Crippen LogP contribution in [0.2, 0.25) is 0 Å². The van der Waals surface area contributed by atoms with Crippen molar-refractivity contribution in [3.05, 3.63) is 24.3 Å². The zero-order valence-corrected chi connectivity index (χ0v) is 11.5. The molecule has 1 unspecified atom stereocenters. The molecule has 1 aromatic rings. The molecule has 1 saturated heterocycles. The van der Waals surface area contributed by atoms with Crippen molar-refractivity contribution >= 4 is 5.69 Å². The van der Waals surface area contributed by atoms with Gasteiger partial charge in [-0.15, -0.1) is 0 Å². The molecule has 1 aliphatic heterocycles. The first kappa shape index (κ1) is 13.2. The van der Waals surface area contributed by atoms with Crippen LogP contribution in [0.4, 0.5) is 5.69 Å². The van der Waals surface area contributed by atoms with Gasteiger partial charge in [0.05, 0.1) is 6.10 Å². The quantitative estimate of drug-likeness (QED) is 0.867. The van der Waals surface area contributed by atoms with E-state index in [1.54, 1.807) is 0 Å². The van der Waals surface area contributed by atoms with E-state index in [9.17, 15) is 0 Å². The van der Waals surface area contributed by atoms with Gasteiger partial charge in [0.2, 0.25) is 0 Å². The fourth-order valence-electron chi connectivity index (χ4n) is 2.36. The molecule has 0 aromatic heterocycles. The molecule has 0 radical (unpaired) electrons. The number of piperazine rings is 1. The molecule has 1 aromatic carbocycles. The summed E-state index contributed by atoms with van der Waals surface area (Å²) in [5, 5.41) is 3.37. The molecule has 0 amide bonds. The summed E-state index contributed by atoms with van der Waals surface area (Å²) in [5.41, 5.74) is 1.30. The van der Waals surface area contributed by atoms with Crippen LogP contribution in [0, 0.1) is 0 Å². The van der Waals surface area contributed by atoms with Crippen LogP contribution in [-0.4, -0.2) is 32.3 Å². The van der Waals surface area contributed by atoms with Gasteiger partial charge in [0, 0.05) is 31.9 Å². The lowest BCUT2D eigenvalue weighted by atomic mass is 10.2. The third kappa shape index (κ3) is 3.64. The molecule has 1 heterocycles. The Morgan fingerprint density at radius 2 is 1.89 bits per heavy atom. The summed E-state index contributed by atoms with van der Waals surface area (Å²) in [6.45, 7) is 8.65. The predicted molar refractivity (Wildman–Crippen MR) is 76.5 cm³/mol. The maximum atomic E-state index is 5.87. The normalized spacial score (nSPS) is 17.6. The Labute approximate surface area is 110 Å². The van der Waals surface area contributed by atoms with Gasteiger partial charge in [0.15, 0.2) is 0 Å². The molecule has 18 heavy (non-hydrogen) atoms. The lowest BCUT2D eigenvalue weighted by molar-refractivity contribution is 0.210. The smallest absolute Gasteiger partial charge is 0.119 e. The average molecular weight is 248 g/mol. The summed E-state index contributed by atoms with van der Waals surface area (Å²) in [6.07, 6.45) is 2.58. The Kier molecular flexibility index (Phi) is 4.88. The molecular formula is C15H24N2O. The summed E-state index contributed by atoms with van der Waals surface area (Å²) in [5.74, 6) is 0.981. The van der Waals surface area contributed by atoms with Gasteiger partial charge in [-0.1, -0.05) is 13.3 Å². The highest BCUT2D eigenvalue weighted by atomic mass is 16.5. The van der Waals surface area contributed by atoms with Crippen LogP contribution in [0.1, 0.15) is 26.7 Å². The zero-order chi connectivity index (χ0) is 12.8. The van der Waals surface area contributed by atoms with E-state index < -0.39 is 0 Å². The molecule has 2 rings (SSSR count). The SMILES string of the molecule is CCCC(C)Oc1ccc(N2CCNCC2)cc1. The molecule has 0 bridgehead atoms. The molecule has 0 spiro atoms. The van der Waals surface area contributed by atoms with Gasteiger partial charge in [-0.05, 0) is 37.6 Å². The van der Waals surface area contributed by atoms with Crippen LogP contribution in [-0.2, 0) is 0 Å². The first-order chi connectivity index (χ1) is 8.79. The van der Waals surface area contributed by atoms with Crippen molar-refractivity contribution in [1.82, 2.24) is 5.32 Å². The summed E-state index contributed by atoms with van der Waals surface area (Å²) in [4.78, 5) is 2.41. The fourth-order valence-corrected chi connectivity index (χ4v) is 2.36. The second kappa shape index (κ2) is 6.64. The summed E-state index contributed by atoms with van der Waals surface area (Å²) >= 11 is 0. The molecule has 100 valence electrons. The Morgan fingerprint density at radius 1 is 1.22 bits per heavy atom. The minimum absolute atomic E-state index is 0.306. The van der Waals surface area contributed by atoms with Gasteiger partial charge >= 0.3 is 0 Å². The summed E-state index contributed by atoms with van der Waals surface area (Å²) in [6, 6.07) is 8.51. The van der Waals surface area contributed by atoms with Gasteiger partial charge < -0.3 is 15.0 Å². The highest BCUT2D eigenvalue weighted by Gasteiger charge is 2.10. The number of anilines is 1. The molecule has 3 nitrogen and oxygen atoms in total. The van der Waals surface area contributed by atoms with Crippen molar-refractivity contribution in [2.75, 3.05) is 31.1 Å². The van der Waals surface area contributed by atoms with E-state index in [4.69, 9.17) is 4.74 Å². The molecule has 1 fully saturated rings. The summed E-state index contributed by atoms with van der Waals surface area (Å²) < 4.78 is 5.87. The van der Waals surface area contributed by atoms with Crippen LogP contribution in [0.25, 0.3) is 0 Å². The second-order valence-corrected chi connectivity index (χ2v) is 4.95. The largest absolute Gasteiger partial charge is 0.491 e. The number of hydrogen-bond acceptors (Lipinski definition) is 3. The Hall–Kier alpha value is -1.22. The van der Waals surface area contributed by atoms with E-state index in [-0.39, 0.29) is 0 Å². The van der Waals surface area contributed by atoms with Gasteiger partial charge in [0.25, 0.3) is 0 Å². The van der Waals surface area contributed by atoms with E-state index in [2.05, 4.69) is 48.3 Å². The van der Waals surface area contributed by atoms with Crippen LogP contribution >= 0.6 is 0 Å². The number of nitrogens with zero attached hydrogens (tertiary/aromatic N) is 1. The van der Waals surface area contributed by atoms with Crippen molar-refractivity contribution in [2.24, 2.45) is 0 Å². The van der Waals surface area contributed by atoms with Crippen LogP contribution < -0.4 is 15.0 Å². The van der Waals surface area contributed by atoms with Crippen molar-refractivity contribution in [2.45, 2.75) is 32.8 Å². The first-order valence-corrected chi connectivity index (χ1v) is 7.02. The van der Waals surface area contributed by atoms with Gasteiger partial charge in [-0.3, -0.25) is 0 Å². The van der Waals surface area contributed by atoms with Gasteiger partial charge in [-0.25, -0.2) is 0 Å². The molecule has 3 heteroatoms. The van der Waals surface area contributed by atoms with E-state index >= 15 is 0 Å². The van der Waals surface area contributed by atoms with Gasteiger partial charge in [0.1, 0.15) is 5.75 Å². The highest BCUT2D eigenvalue weighted by molar-refractivity contribution is 5.49. The molecule has 0 aliphatic carbocycles. The Morgan fingerprint density at radius 3 is 2.50 bits per heavy atom. The zero-order valence-electron chi connectivity index (χ0n) is 11.5. The molecular weight excluding hydrogens is 224 g/mol. The Balaban J connectivity index is 1.92. The fraction of sp³-hybridized carbons (Fsp3) is 0.600. The molecule has 1 atom stereocenters. The predicted octanol–water partition coefficient (Wildman–Crippen LogP) is 2.66. The lowest BCUT2D eigenvalue weighted by Crippen LogP contribution is -2.43.